The Morgan fingerprint density at radius 3 is 2.45 bits per heavy atom. The maximum Gasteiger partial charge on any atom is 0.255 e. The largest absolute Gasteiger partial charge is 0.507 e. The molecule has 0 aliphatic rings. The third kappa shape index (κ3) is 2.64. The number of benzene rings is 2. The number of nitrogens with one attached hydrogen (secondary N) is 1. The number of aromatic hydroxyl groups is 1. The van der Waals surface area contributed by atoms with Crippen LogP contribution in [0.2, 0.25) is 0 Å². The summed E-state index contributed by atoms with van der Waals surface area (Å²) in [5, 5.41) is 12.6. The van der Waals surface area contributed by atoms with Crippen LogP contribution in [-0.2, 0) is 0 Å². The molecule has 0 saturated heterocycles. The van der Waals surface area contributed by atoms with Crippen molar-refractivity contribution in [3.8, 4) is 5.75 Å². The average Bonchev–Trinajstić information content (AvgIpc) is 2.39. The standard InChI is InChI=1S/C16H16FNO2/c1-9-4-7-14(11(3)15(9)19)18-16(20)13-6-5-12(17)8-10(13)2/h4-8,19H,1-3H3,(H,18,20). The predicted octanol–water partition coefficient (Wildman–Crippen LogP) is 3.71. The van der Waals surface area contributed by atoms with E-state index in [-0.39, 0.29) is 17.5 Å². The lowest BCUT2D eigenvalue weighted by molar-refractivity contribution is 0.102. The number of aryl methyl sites for hydroxylation is 2. The summed E-state index contributed by atoms with van der Waals surface area (Å²) in [5.74, 6) is -0.532. The van der Waals surface area contributed by atoms with Gasteiger partial charge in [-0.05, 0) is 56.2 Å². The number of phenols is 1. The lowest BCUT2D eigenvalue weighted by Crippen LogP contribution is -2.14. The maximum atomic E-state index is 13.0. The van der Waals surface area contributed by atoms with Gasteiger partial charge in [0.15, 0.2) is 0 Å². The van der Waals surface area contributed by atoms with Crippen molar-refractivity contribution in [2.45, 2.75) is 20.8 Å². The zero-order valence-electron chi connectivity index (χ0n) is 11.6. The van der Waals surface area contributed by atoms with Crippen molar-refractivity contribution < 1.29 is 14.3 Å². The molecule has 0 unspecified atom stereocenters. The molecule has 0 aliphatic heterocycles. The van der Waals surface area contributed by atoms with E-state index in [1.165, 1.54) is 18.2 Å². The summed E-state index contributed by atoms with van der Waals surface area (Å²) in [5.41, 5.74) is 2.88. The van der Waals surface area contributed by atoms with Crippen LogP contribution in [0.3, 0.4) is 0 Å². The molecule has 2 aromatic rings. The first-order valence-electron chi connectivity index (χ1n) is 6.27. The summed E-state index contributed by atoms with van der Waals surface area (Å²) in [6.45, 7) is 5.20. The third-order valence-electron chi connectivity index (χ3n) is 3.31. The van der Waals surface area contributed by atoms with Gasteiger partial charge in [-0.3, -0.25) is 4.79 Å². The van der Waals surface area contributed by atoms with Crippen molar-refractivity contribution in [1.29, 1.82) is 0 Å². The molecule has 1 amide bonds. The SMILES string of the molecule is Cc1cc(F)ccc1C(=O)Nc1ccc(C)c(O)c1C. The fourth-order valence-electron chi connectivity index (χ4n) is 2.04. The topological polar surface area (TPSA) is 49.3 Å². The Hall–Kier alpha value is -2.36. The molecule has 0 radical (unpaired) electrons. The van der Waals surface area contributed by atoms with E-state index in [2.05, 4.69) is 5.32 Å². The van der Waals surface area contributed by atoms with E-state index >= 15 is 0 Å². The van der Waals surface area contributed by atoms with Gasteiger partial charge in [0.05, 0.1) is 0 Å². The number of carbonyl (C=O) groups is 1. The molecule has 0 spiro atoms. The van der Waals surface area contributed by atoms with Crippen molar-refractivity contribution >= 4 is 11.6 Å². The minimum atomic E-state index is -0.372. The van der Waals surface area contributed by atoms with E-state index in [0.717, 1.165) is 5.56 Å². The molecule has 0 aromatic heterocycles. The Kier molecular flexibility index (Phi) is 3.74. The van der Waals surface area contributed by atoms with E-state index in [4.69, 9.17) is 0 Å². The maximum absolute atomic E-state index is 13.0. The highest BCUT2D eigenvalue weighted by molar-refractivity contribution is 6.05. The number of hydrogen-bond acceptors (Lipinski definition) is 2. The summed E-state index contributed by atoms with van der Waals surface area (Å²) in [6.07, 6.45) is 0. The number of phenolic OH excluding ortho intramolecular Hbond substituents is 1. The van der Waals surface area contributed by atoms with Crippen LogP contribution in [0.15, 0.2) is 30.3 Å². The average molecular weight is 273 g/mol. The number of carbonyl (C=O) groups excluding carboxylic acids is 1. The first kappa shape index (κ1) is 14.1. The van der Waals surface area contributed by atoms with Gasteiger partial charge in [0.1, 0.15) is 11.6 Å². The van der Waals surface area contributed by atoms with Crippen molar-refractivity contribution in [3.63, 3.8) is 0 Å². The molecular formula is C16H16FNO2. The third-order valence-corrected chi connectivity index (χ3v) is 3.31. The van der Waals surface area contributed by atoms with Crippen molar-refractivity contribution in [3.05, 3.63) is 58.4 Å². The highest BCUT2D eigenvalue weighted by atomic mass is 19.1. The van der Waals surface area contributed by atoms with Crippen molar-refractivity contribution in [2.75, 3.05) is 5.32 Å². The van der Waals surface area contributed by atoms with E-state index in [1.807, 2.05) is 0 Å². The Labute approximate surface area is 117 Å². The van der Waals surface area contributed by atoms with Gasteiger partial charge in [-0.2, -0.15) is 0 Å². The fraction of sp³-hybridized carbons (Fsp3) is 0.188. The highest BCUT2D eigenvalue weighted by Gasteiger charge is 2.13. The molecule has 2 rings (SSSR count). The summed E-state index contributed by atoms with van der Waals surface area (Å²) in [6, 6.07) is 7.48. The summed E-state index contributed by atoms with van der Waals surface area (Å²) in [7, 11) is 0. The minimum absolute atomic E-state index is 0.165. The van der Waals surface area contributed by atoms with Gasteiger partial charge in [0, 0.05) is 16.8 Å². The van der Waals surface area contributed by atoms with Crippen LogP contribution in [0.1, 0.15) is 27.0 Å². The number of amides is 1. The highest BCUT2D eigenvalue weighted by Crippen LogP contribution is 2.28. The molecule has 20 heavy (non-hydrogen) atoms. The number of anilines is 1. The van der Waals surface area contributed by atoms with Crippen LogP contribution < -0.4 is 5.32 Å². The van der Waals surface area contributed by atoms with Crippen LogP contribution in [0.5, 0.6) is 5.75 Å². The van der Waals surface area contributed by atoms with Crippen LogP contribution >= 0.6 is 0 Å². The molecule has 2 aromatic carbocycles. The molecule has 2 N–H and O–H groups in total. The quantitative estimate of drug-likeness (QED) is 0.876. The molecule has 0 heterocycles. The predicted molar refractivity (Wildman–Crippen MR) is 76.7 cm³/mol. The zero-order chi connectivity index (χ0) is 14.9. The lowest BCUT2D eigenvalue weighted by atomic mass is 10.1. The number of rotatable bonds is 2. The summed E-state index contributed by atoms with van der Waals surface area (Å²) >= 11 is 0. The van der Waals surface area contributed by atoms with E-state index in [0.29, 0.717) is 22.4 Å². The van der Waals surface area contributed by atoms with Crippen LogP contribution in [0, 0.1) is 26.6 Å². The molecular weight excluding hydrogens is 257 g/mol. The monoisotopic (exact) mass is 273 g/mol. The molecule has 4 heteroatoms. The summed E-state index contributed by atoms with van der Waals surface area (Å²) < 4.78 is 13.0. The first-order chi connectivity index (χ1) is 9.40. The van der Waals surface area contributed by atoms with Gasteiger partial charge in [0.2, 0.25) is 0 Å². The normalized spacial score (nSPS) is 10.4. The summed E-state index contributed by atoms with van der Waals surface area (Å²) in [4.78, 5) is 12.2. The van der Waals surface area contributed by atoms with Gasteiger partial charge >= 0.3 is 0 Å². The molecule has 0 atom stereocenters. The van der Waals surface area contributed by atoms with Crippen LogP contribution in [-0.4, -0.2) is 11.0 Å². The number of hydrogen-bond donors (Lipinski definition) is 2. The van der Waals surface area contributed by atoms with E-state index < -0.39 is 0 Å². The van der Waals surface area contributed by atoms with E-state index in [9.17, 15) is 14.3 Å². The lowest BCUT2D eigenvalue weighted by Gasteiger charge is -2.12. The van der Waals surface area contributed by atoms with Gasteiger partial charge in [-0.25, -0.2) is 4.39 Å². The van der Waals surface area contributed by atoms with Gasteiger partial charge in [-0.15, -0.1) is 0 Å². The van der Waals surface area contributed by atoms with Crippen molar-refractivity contribution in [1.82, 2.24) is 0 Å². The second-order valence-electron chi connectivity index (χ2n) is 4.82. The first-order valence-corrected chi connectivity index (χ1v) is 6.27. The van der Waals surface area contributed by atoms with Gasteiger partial charge in [0.25, 0.3) is 5.91 Å². The van der Waals surface area contributed by atoms with Crippen molar-refractivity contribution in [2.24, 2.45) is 0 Å². The second-order valence-corrected chi connectivity index (χ2v) is 4.82. The Bertz CT molecular complexity index is 680. The zero-order valence-corrected chi connectivity index (χ0v) is 11.6. The van der Waals surface area contributed by atoms with Gasteiger partial charge < -0.3 is 10.4 Å². The molecule has 0 saturated carbocycles. The molecule has 0 fully saturated rings. The van der Waals surface area contributed by atoms with Crippen LogP contribution in [0.4, 0.5) is 10.1 Å². The molecule has 0 bridgehead atoms. The number of halogens is 1. The molecule has 104 valence electrons. The Morgan fingerprint density at radius 2 is 1.80 bits per heavy atom. The second kappa shape index (κ2) is 5.33. The van der Waals surface area contributed by atoms with E-state index in [1.54, 1.807) is 32.9 Å². The van der Waals surface area contributed by atoms with Gasteiger partial charge in [-0.1, -0.05) is 6.07 Å². The minimum Gasteiger partial charge on any atom is -0.507 e. The van der Waals surface area contributed by atoms with Crippen LogP contribution in [0.25, 0.3) is 0 Å². The molecule has 3 nitrogen and oxygen atoms in total. The molecule has 0 aliphatic carbocycles. The Balaban J connectivity index is 2.30. The fourth-order valence-corrected chi connectivity index (χ4v) is 2.04. The Morgan fingerprint density at radius 1 is 1.10 bits per heavy atom. The smallest absolute Gasteiger partial charge is 0.255 e.